The fraction of sp³-hybridized carbons (Fsp3) is 0.250. The predicted octanol–water partition coefficient (Wildman–Crippen LogP) is 4.31. The van der Waals surface area contributed by atoms with Gasteiger partial charge in [-0.2, -0.15) is 0 Å². The fourth-order valence-corrected chi connectivity index (χ4v) is 2.87. The molecule has 5 heteroatoms. The van der Waals surface area contributed by atoms with E-state index >= 15 is 0 Å². The van der Waals surface area contributed by atoms with Gasteiger partial charge in [-0.05, 0) is 47.6 Å². The zero-order valence-electron chi connectivity index (χ0n) is 12.3. The van der Waals surface area contributed by atoms with E-state index < -0.39 is 0 Å². The van der Waals surface area contributed by atoms with Crippen LogP contribution in [0.15, 0.2) is 35.7 Å². The Labute approximate surface area is 134 Å². The summed E-state index contributed by atoms with van der Waals surface area (Å²) in [4.78, 5) is 12.6. The highest BCUT2D eigenvalue weighted by Gasteiger charge is 2.13. The van der Waals surface area contributed by atoms with Crippen molar-refractivity contribution >= 4 is 40.3 Å². The lowest BCUT2D eigenvalue weighted by atomic mass is 9.98. The highest BCUT2D eigenvalue weighted by molar-refractivity contribution is 7.80. The Morgan fingerprint density at radius 3 is 2.62 bits per heavy atom. The highest BCUT2D eigenvalue weighted by atomic mass is 32.1. The summed E-state index contributed by atoms with van der Waals surface area (Å²) >= 11 is 6.64. The topological polar surface area (TPSA) is 41.1 Å². The lowest BCUT2D eigenvalue weighted by molar-refractivity contribution is 0.0981. The molecular formula is C16H18N2OS2. The van der Waals surface area contributed by atoms with Crippen molar-refractivity contribution in [1.82, 2.24) is 5.32 Å². The summed E-state index contributed by atoms with van der Waals surface area (Å²) in [6.07, 6.45) is 0. The van der Waals surface area contributed by atoms with Gasteiger partial charge in [-0.15, -0.1) is 11.3 Å². The van der Waals surface area contributed by atoms with Gasteiger partial charge < -0.3 is 5.32 Å². The Bertz CT molecular complexity index is 648. The average molecular weight is 318 g/mol. The number of carbonyl (C=O) groups is 1. The minimum atomic E-state index is -0.179. The summed E-state index contributed by atoms with van der Waals surface area (Å²) in [5.74, 6) is 0.199. The first-order valence-electron chi connectivity index (χ1n) is 6.74. The van der Waals surface area contributed by atoms with Gasteiger partial charge in [-0.25, -0.2) is 0 Å². The summed E-state index contributed by atoms with van der Waals surface area (Å²) in [5, 5.41) is 8.06. The van der Waals surface area contributed by atoms with E-state index in [2.05, 4.69) is 30.5 Å². The lowest BCUT2D eigenvalue weighted by Crippen LogP contribution is -2.34. The number of para-hydroxylation sites is 1. The number of aryl methyl sites for hydroxylation is 1. The first-order chi connectivity index (χ1) is 9.99. The molecule has 0 atom stereocenters. The van der Waals surface area contributed by atoms with Crippen molar-refractivity contribution in [2.24, 2.45) is 0 Å². The number of benzene rings is 1. The molecule has 0 aliphatic rings. The number of hydrogen-bond acceptors (Lipinski definition) is 3. The molecule has 3 nitrogen and oxygen atoms in total. The van der Waals surface area contributed by atoms with Crippen LogP contribution < -0.4 is 10.6 Å². The van der Waals surface area contributed by atoms with Crippen LogP contribution in [0.3, 0.4) is 0 Å². The van der Waals surface area contributed by atoms with Gasteiger partial charge in [0.05, 0.1) is 4.88 Å². The Kier molecular flexibility index (Phi) is 5.09. The molecule has 0 aliphatic carbocycles. The summed E-state index contributed by atoms with van der Waals surface area (Å²) in [5.41, 5.74) is 3.26. The molecule has 110 valence electrons. The third-order valence-electron chi connectivity index (χ3n) is 3.14. The number of thiophene rings is 1. The minimum absolute atomic E-state index is 0.179. The van der Waals surface area contributed by atoms with Gasteiger partial charge in [0.15, 0.2) is 5.11 Å². The maximum absolute atomic E-state index is 12.0. The van der Waals surface area contributed by atoms with Crippen LogP contribution in [0.4, 0.5) is 5.69 Å². The van der Waals surface area contributed by atoms with Gasteiger partial charge in [-0.1, -0.05) is 38.1 Å². The molecular weight excluding hydrogens is 300 g/mol. The quantitative estimate of drug-likeness (QED) is 0.829. The van der Waals surface area contributed by atoms with Gasteiger partial charge in [-0.3, -0.25) is 10.1 Å². The minimum Gasteiger partial charge on any atom is -0.332 e. The van der Waals surface area contributed by atoms with E-state index in [4.69, 9.17) is 12.2 Å². The van der Waals surface area contributed by atoms with Crippen molar-refractivity contribution in [3.8, 4) is 0 Å². The maximum Gasteiger partial charge on any atom is 0.267 e. The smallest absolute Gasteiger partial charge is 0.267 e. The fourth-order valence-electron chi connectivity index (χ4n) is 2.06. The number of anilines is 1. The molecule has 1 aromatic heterocycles. The predicted molar refractivity (Wildman–Crippen MR) is 93.3 cm³/mol. The normalized spacial score (nSPS) is 10.5. The Morgan fingerprint density at radius 2 is 2.00 bits per heavy atom. The summed E-state index contributed by atoms with van der Waals surface area (Å²) in [7, 11) is 0. The largest absolute Gasteiger partial charge is 0.332 e. The third-order valence-corrected chi connectivity index (χ3v) is 4.21. The molecule has 0 unspecified atom stereocenters. The van der Waals surface area contributed by atoms with Crippen molar-refractivity contribution in [2.75, 3.05) is 5.32 Å². The molecule has 2 N–H and O–H groups in total. The van der Waals surface area contributed by atoms with Gasteiger partial charge in [0, 0.05) is 5.69 Å². The van der Waals surface area contributed by atoms with Crippen LogP contribution in [0.25, 0.3) is 0 Å². The summed E-state index contributed by atoms with van der Waals surface area (Å²) in [6, 6.07) is 9.74. The molecule has 0 saturated heterocycles. The van der Waals surface area contributed by atoms with E-state index in [1.54, 1.807) is 6.07 Å². The number of thiocarbonyl (C=S) groups is 1. The molecule has 1 aromatic carbocycles. The molecule has 21 heavy (non-hydrogen) atoms. The van der Waals surface area contributed by atoms with E-state index in [0.29, 0.717) is 15.9 Å². The summed E-state index contributed by atoms with van der Waals surface area (Å²) in [6.45, 7) is 6.29. The number of hydrogen-bond donors (Lipinski definition) is 2. The first-order valence-corrected chi connectivity index (χ1v) is 8.03. The van der Waals surface area contributed by atoms with Crippen LogP contribution >= 0.6 is 23.6 Å². The Hall–Kier alpha value is -1.72. The van der Waals surface area contributed by atoms with Crippen LogP contribution in [0, 0.1) is 6.92 Å². The lowest BCUT2D eigenvalue weighted by Gasteiger charge is -2.17. The van der Waals surface area contributed by atoms with Crippen LogP contribution in [0.5, 0.6) is 0 Å². The van der Waals surface area contributed by atoms with Crippen LogP contribution in [-0.4, -0.2) is 11.0 Å². The van der Waals surface area contributed by atoms with Crippen LogP contribution in [0.2, 0.25) is 0 Å². The molecule has 0 aliphatic heterocycles. The average Bonchev–Trinajstić information content (AvgIpc) is 2.94. The van der Waals surface area contributed by atoms with Gasteiger partial charge in [0.1, 0.15) is 0 Å². The molecule has 0 bridgehead atoms. The molecule has 0 radical (unpaired) electrons. The molecule has 2 rings (SSSR count). The van der Waals surface area contributed by atoms with Crippen molar-refractivity contribution in [3.05, 3.63) is 51.7 Å². The van der Waals surface area contributed by atoms with Crippen molar-refractivity contribution in [2.45, 2.75) is 26.7 Å². The van der Waals surface area contributed by atoms with E-state index in [-0.39, 0.29) is 5.91 Å². The maximum atomic E-state index is 12.0. The van der Waals surface area contributed by atoms with E-state index in [0.717, 1.165) is 11.3 Å². The highest BCUT2D eigenvalue weighted by Crippen LogP contribution is 2.27. The van der Waals surface area contributed by atoms with Crippen LogP contribution in [0.1, 0.15) is 40.6 Å². The molecule has 1 heterocycles. The van der Waals surface area contributed by atoms with E-state index in [1.165, 1.54) is 16.9 Å². The number of nitrogens with one attached hydrogen (secondary N) is 2. The number of amides is 1. The van der Waals surface area contributed by atoms with Crippen molar-refractivity contribution in [3.63, 3.8) is 0 Å². The first kappa shape index (κ1) is 15.7. The van der Waals surface area contributed by atoms with Crippen molar-refractivity contribution < 1.29 is 4.79 Å². The van der Waals surface area contributed by atoms with Gasteiger partial charge >= 0.3 is 0 Å². The Morgan fingerprint density at radius 1 is 1.24 bits per heavy atom. The molecule has 0 saturated carbocycles. The molecule has 0 fully saturated rings. The van der Waals surface area contributed by atoms with E-state index in [1.807, 2.05) is 30.5 Å². The van der Waals surface area contributed by atoms with Crippen molar-refractivity contribution in [1.29, 1.82) is 0 Å². The van der Waals surface area contributed by atoms with Gasteiger partial charge in [0.25, 0.3) is 5.91 Å². The second-order valence-corrected chi connectivity index (χ2v) is 6.44. The Balaban J connectivity index is 2.11. The summed E-state index contributed by atoms with van der Waals surface area (Å²) < 4.78 is 0. The van der Waals surface area contributed by atoms with Gasteiger partial charge in [0.2, 0.25) is 0 Å². The monoisotopic (exact) mass is 318 g/mol. The zero-order chi connectivity index (χ0) is 15.4. The standard InChI is InChI=1S/C16H18N2OS2/c1-10(2)12-7-4-6-11(3)14(12)17-16(20)18-15(19)13-8-5-9-21-13/h4-10H,1-3H3,(H2,17,18,19,20). The van der Waals surface area contributed by atoms with E-state index in [9.17, 15) is 4.79 Å². The molecule has 2 aromatic rings. The van der Waals surface area contributed by atoms with Crippen LogP contribution in [-0.2, 0) is 0 Å². The second-order valence-electron chi connectivity index (χ2n) is 5.08. The third kappa shape index (κ3) is 3.89. The SMILES string of the molecule is Cc1cccc(C(C)C)c1NC(=S)NC(=O)c1cccs1. The molecule has 0 spiro atoms. The number of carbonyl (C=O) groups excluding carboxylic acids is 1. The number of rotatable bonds is 3. The zero-order valence-corrected chi connectivity index (χ0v) is 13.9. The molecule has 1 amide bonds. The second kappa shape index (κ2) is 6.83.